The number of rotatable bonds is 4. The Morgan fingerprint density at radius 2 is 2.35 bits per heavy atom. The predicted molar refractivity (Wildman–Crippen MR) is 70.1 cm³/mol. The van der Waals surface area contributed by atoms with Crippen molar-refractivity contribution in [2.24, 2.45) is 0 Å². The van der Waals surface area contributed by atoms with E-state index in [9.17, 15) is 4.79 Å². The maximum absolute atomic E-state index is 11.8. The van der Waals surface area contributed by atoms with E-state index in [-0.39, 0.29) is 11.9 Å². The first kappa shape index (κ1) is 13.6. The van der Waals surface area contributed by atoms with Crippen LogP contribution in [0.5, 0.6) is 0 Å². The van der Waals surface area contributed by atoms with Gasteiger partial charge in [0, 0.05) is 19.8 Å². The first-order valence-corrected chi connectivity index (χ1v) is 5.76. The highest BCUT2D eigenvalue weighted by Gasteiger charge is 2.17. The summed E-state index contributed by atoms with van der Waals surface area (Å²) in [5, 5.41) is 3.44. The maximum Gasteiger partial charge on any atom is 0.244 e. The Morgan fingerprint density at radius 3 is 2.88 bits per heavy atom. The van der Waals surface area contributed by atoms with Gasteiger partial charge in [0.15, 0.2) is 0 Å². The molecule has 0 aliphatic rings. The van der Waals surface area contributed by atoms with Crippen LogP contribution in [0.25, 0.3) is 0 Å². The highest BCUT2D eigenvalue weighted by molar-refractivity contribution is 6.30. The monoisotopic (exact) mass is 256 g/mol. The molecule has 1 heterocycles. The summed E-state index contributed by atoms with van der Waals surface area (Å²) in [7, 11) is 1.75. The number of nitrogens with two attached hydrogens (primary N) is 1. The van der Waals surface area contributed by atoms with Crippen LogP contribution in [0.4, 0.5) is 11.5 Å². The topological polar surface area (TPSA) is 71.2 Å². The van der Waals surface area contributed by atoms with Gasteiger partial charge in [0.05, 0.1) is 10.7 Å². The van der Waals surface area contributed by atoms with Gasteiger partial charge in [-0.15, -0.1) is 0 Å². The van der Waals surface area contributed by atoms with E-state index in [1.807, 2.05) is 6.92 Å². The lowest BCUT2D eigenvalue weighted by molar-refractivity contribution is -0.130. The van der Waals surface area contributed by atoms with E-state index in [4.69, 9.17) is 17.3 Å². The van der Waals surface area contributed by atoms with Crippen molar-refractivity contribution >= 4 is 29.0 Å². The van der Waals surface area contributed by atoms with Gasteiger partial charge >= 0.3 is 0 Å². The number of carbonyl (C=O) groups is 1. The van der Waals surface area contributed by atoms with Crippen molar-refractivity contribution in [1.82, 2.24) is 9.88 Å². The fraction of sp³-hybridized carbons (Fsp3) is 0.455. The summed E-state index contributed by atoms with van der Waals surface area (Å²) in [5.74, 6) is 0.461. The molecule has 1 rings (SSSR count). The first-order valence-electron chi connectivity index (χ1n) is 5.38. The van der Waals surface area contributed by atoms with Crippen LogP contribution in [0, 0.1) is 0 Å². The van der Waals surface area contributed by atoms with E-state index in [2.05, 4.69) is 10.3 Å². The molecule has 0 aromatic carbocycles. The molecule has 0 saturated heterocycles. The summed E-state index contributed by atoms with van der Waals surface area (Å²) in [6.07, 6.45) is 1.49. The summed E-state index contributed by atoms with van der Waals surface area (Å²) < 4.78 is 0. The smallest absolute Gasteiger partial charge is 0.244 e. The van der Waals surface area contributed by atoms with Crippen LogP contribution >= 0.6 is 11.6 Å². The number of likely N-dealkylation sites (N-methyl/N-ethyl adjacent to an activating group) is 1. The van der Waals surface area contributed by atoms with Crippen molar-refractivity contribution in [1.29, 1.82) is 0 Å². The molecule has 17 heavy (non-hydrogen) atoms. The average Bonchev–Trinajstić information content (AvgIpc) is 2.30. The fourth-order valence-electron chi connectivity index (χ4n) is 1.33. The minimum absolute atomic E-state index is 0.0105. The van der Waals surface area contributed by atoms with Gasteiger partial charge in [-0.25, -0.2) is 4.98 Å². The van der Waals surface area contributed by atoms with Gasteiger partial charge in [-0.3, -0.25) is 4.79 Å². The third kappa shape index (κ3) is 3.49. The number of anilines is 2. The summed E-state index contributed by atoms with van der Waals surface area (Å²) in [5.41, 5.74) is 6.17. The first-order chi connectivity index (χ1) is 7.95. The molecule has 6 heteroatoms. The normalized spacial score (nSPS) is 12.0. The number of hydrogen-bond acceptors (Lipinski definition) is 4. The van der Waals surface area contributed by atoms with Crippen LogP contribution in [0.1, 0.15) is 13.8 Å². The molecular formula is C11H17ClN4O. The molecule has 0 aliphatic carbocycles. The molecule has 1 aromatic heterocycles. The minimum atomic E-state index is -0.379. The van der Waals surface area contributed by atoms with E-state index < -0.39 is 0 Å². The average molecular weight is 257 g/mol. The number of carbonyl (C=O) groups excluding carboxylic acids is 1. The van der Waals surface area contributed by atoms with Crippen molar-refractivity contribution in [3.8, 4) is 0 Å². The quantitative estimate of drug-likeness (QED) is 0.858. The highest BCUT2D eigenvalue weighted by atomic mass is 35.5. The SMILES string of the molecule is CCN(C)C(=O)C(C)Nc1ncc(Cl)cc1N. The van der Waals surface area contributed by atoms with Crippen molar-refractivity contribution in [2.75, 3.05) is 24.6 Å². The van der Waals surface area contributed by atoms with Gasteiger partial charge in [0.2, 0.25) is 5.91 Å². The fourth-order valence-corrected chi connectivity index (χ4v) is 1.50. The Balaban J connectivity index is 2.74. The minimum Gasteiger partial charge on any atom is -0.396 e. The summed E-state index contributed by atoms with van der Waals surface area (Å²) in [6.45, 7) is 4.35. The molecule has 1 aromatic rings. The zero-order chi connectivity index (χ0) is 13.0. The van der Waals surface area contributed by atoms with Gasteiger partial charge < -0.3 is 16.0 Å². The van der Waals surface area contributed by atoms with Gasteiger partial charge in [-0.05, 0) is 19.9 Å². The van der Waals surface area contributed by atoms with E-state index in [0.717, 1.165) is 0 Å². The third-order valence-corrected chi connectivity index (χ3v) is 2.66. The van der Waals surface area contributed by atoms with E-state index >= 15 is 0 Å². The standard InChI is InChI=1S/C11H17ClN4O/c1-4-16(3)11(17)7(2)15-10-9(13)5-8(12)6-14-10/h5-7H,4,13H2,1-3H3,(H,14,15). The van der Waals surface area contributed by atoms with Crippen LogP contribution < -0.4 is 11.1 Å². The van der Waals surface area contributed by atoms with Crippen molar-refractivity contribution in [3.63, 3.8) is 0 Å². The molecule has 1 atom stereocenters. The predicted octanol–water partition coefficient (Wildman–Crippen LogP) is 1.60. The number of hydrogen-bond donors (Lipinski definition) is 2. The zero-order valence-electron chi connectivity index (χ0n) is 10.2. The molecular weight excluding hydrogens is 240 g/mol. The van der Waals surface area contributed by atoms with Gasteiger partial charge in [-0.2, -0.15) is 0 Å². The number of nitrogens with zero attached hydrogens (tertiary/aromatic N) is 2. The largest absolute Gasteiger partial charge is 0.396 e. The van der Waals surface area contributed by atoms with Crippen molar-refractivity contribution in [2.45, 2.75) is 19.9 Å². The number of amides is 1. The Bertz CT molecular complexity index is 410. The Labute approximate surface area is 106 Å². The van der Waals surface area contributed by atoms with Crippen LogP contribution in [0.3, 0.4) is 0 Å². The molecule has 0 saturated carbocycles. The van der Waals surface area contributed by atoms with E-state index in [1.165, 1.54) is 6.20 Å². The maximum atomic E-state index is 11.8. The molecule has 94 valence electrons. The molecule has 5 nitrogen and oxygen atoms in total. The van der Waals surface area contributed by atoms with Gasteiger partial charge in [-0.1, -0.05) is 11.6 Å². The zero-order valence-corrected chi connectivity index (χ0v) is 11.0. The second kappa shape index (κ2) is 5.72. The van der Waals surface area contributed by atoms with Crippen molar-refractivity contribution < 1.29 is 4.79 Å². The molecule has 1 unspecified atom stereocenters. The lowest BCUT2D eigenvalue weighted by Crippen LogP contribution is -2.39. The van der Waals surface area contributed by atoms with Crippen LogP contribution in [-0.2, 0) is 4.79 Å². The molecule has 0 radical (unpaired) electrons. The lowest BCUT2D eigenvalue weighted by atomic mass is 10.2. The number of aromatic nitrogens is 1. The van der Waals surface area contributed by atoms with Crippen LogP contribution in [-0.4, -0.2) is 35.4 Å². The second-order valence-corrected chi connectivity index (χ2v) is 4.25. The highest BCUT2D eigenvalue weighted by Crippen LogP contribution is 2.20. The van der Waals surface area contributed by atoms with Crippen LogP contribution in [0.15, 0.2) is 12.3 Å². The van der Waals surface area contributed by atoms with Gasteiger partial charge in [0.1, 0.15) is 11.9 Å². The molecule has 0 spiro atoms. The van der Waals surface area contributed by atoms with E-state index in [0.29, 0.717) is 23.1 Å². The van der Waals surface area contributed by atoms with Gasteiger partial charge in [0.25, 0.3) is 0 Å². The Morgan fingerprint density at radius 1 is 1.71 bits per heavy atom. The molecule has 3 N–H and O–H groups in total. The number of halogens is 1. The third-order valence-electron chi connectivity index (χ3n) is 2.46. The van der Waals surface area contributed by atoms with Crippen LogP contribution in [0.2, 0.25) is 5.02 Å². The number of nitrogens with one attached hydrogen (secondary N) is 1. The molecule has 0 aliphatic heterocycles. The lowest BCUT2D eigenvalue weighted by Gasteiger charge is -2.21. The Hall–Kier alpha value is -1.49. The summed E-state index contributed by atoms with van der Waals surface area (Å²) >= 11 is 5.74. The van der Waals surface area contributed by atoms with E-state index in [1.54, 1.807) is 24.9 Å². The molecule has 0 bridgehead atoms. The molecule has 0 fully saturated rings. The van der Waals surface area contributed by atoms with Crippen molar-refractivity contribution in [3.05, 3.63) is 17.3 Å². The number of nitrogen functional groups attached to an aromatic ring is 1. The molecule has 1 amide bonds. The summed E-state index contributed by atoms with van der Waals surface area (Å²) in [4.78, 5) is 17.5. The summed E-state index contributed by atoms with van der Waals surface area (Å²) in [6, 6.07) is 1.22. The number of pyridine rings is 1. The second-order valence-electron chi connectivity index (χ2n) is 3.81. The Kier molecular flexibility index (Phi) is 4.57.